The summed E-state index contributed by atoms with van der Waals surface area (Å²) in [4.78, 5) is 17.9. The fourth-order valence-corrected chi connectivity index (χ4v) is 2.91. The molecule has 3 rings (SSSR count). The van der Waals surface area contributed by atoms with Crippen LogP contribution in [-0.2, 0) is 19.1 Å². The highest BCUT2D eigenvalue weighted by atomic mass is 32.1. The Morgan fingerprint density at radius 1 is 1.13 bits per heavy atom. The lowest BCUT2D eigenvalue weighted by molar-refractivity contribution is -0.138. The number of nitrogens with one attached hydrogen (secondary N) is 1. The summed E-state index contributed by atoms with van der Waals surface area (Å²) in [5.41, 5.74) is -0.865. The van der Waals surface area contributed by atoms with Crippen molar-refractivity contribution in [3.8, 4) is 0 Å². The molecule has 9 heteroatoms. The van der Waals surface area contributed by atoms with E-state index in [1.807, 2.05) is 6.07 Å². The minimum atomic E-state index is -4.43. The van der Waals surface area contributed by atoms with Crippen LogP contribution in [0.2, 0.25) is 0 Å². The summed E-state index contributed by atoms with van der Waals surface area (Å²) in [7, 11) is 0. The minimum Gasteiger partial charge on any atom is -0.362 e. The van der Waals surface area contributed by atoms with Crippen LogP contribution < -0.4 is 5.32 Å². The van der Waals surface area contributed by atoms with Gasteiger partial charge in [0.1, 0.15) is 22.8 Å². The third-order valence-electron chi connectivity index (χ3n) is 3.18. The van der Waals surface area contributed by atoms with Gasteiger partial charge in [0, 0.05) is 17.3 Å². The molecular weight excluding hydrogens is 327 g/mol. The summed E-state index contributed by atoms with van der Waals surface area (Å²) < 4.78 is 37.4. The Labute approximate surface area is 133 Å². The van der Waals surface area contributed by atoms with Crippen molar-refractivity contribution in [1.82, 2.24) is 19.9 Å². The Balaban J connectivity index is 1.77. The number of alkyl halides is 3. The molecule has 0 atom stereocenters. The van der Waals surface area contributed by atoms with Gasteiger partial charge in [0.25, 0.3) is 0 Å². The number of aromatic nitrogens is 4. The third kappa shape index (κ3) is 3.39. The highest BCUT2D eigenvalue weighted by Crippen LogP contribution is 2.29. The second-order valence-corrected chi connectivity index (χ2v) is 5.86. The van der Waals surface area contributed by atoms with Crippen LogP contribution >= 0.6 is 11.3 Å². The molecule has 0 amide bonds. The molecular formula is C14H12F3N5S. The van der Waals surface area contributed by atoms with Crippen molar-refractivity contribution in [2.75, 3.05) is 5.32 Å². The van der Waals surface area contributed by atoms with Gasteiger partial charge in [0.05, 0.1) is 17.5 Å². The Bertz CT molecular complexity index is 813. The first-order valence-electron chi connectivity index (χ1n) is 6.82. The predicted molar refractivity (Wildman–Crippen MR) is 81.2 cm³/mol. The lowest BCUT2D eigenvalue weighted by Gasteiger charge is -2.07. The monoisotopic (exact) mass is 339 g/mol. The van der Waals surface area contributed by atoms with E-state index in [1.54, 1.807) is 11.3 Å². The molecule has 0 aliphatic carbocycles. The second kappa shape index (κ2) is 6.07. The van der Waals surface area contributed by atoms with E-state index in [2.05, 4.69) is 32.2 Å². The Morgan fingerprint density at radius 3 is 2.52 bits per heavy atom. The first-order chi connectivity index (χ1) is 11.0. The van der Waals surface area contributed by atoms with Crippen molar-refractivity contribution < 1.29 is 13.2 Å². The first kappa shape index (κ1) is 15.6. The van der Waals surface area contributed by atoms with Gasteiger partial charge in [-0.15, -0.1) is 11.3 Å². The van der Waals surface area contributed by atoms with Gasteiger partial charge in [0.15, 0.2) is 0 Å². The van der Waals surface area contributed by atoms with Gasteiger partial charge in [-0.3, -0.25) is 0 Å². The van der Waals surface area contributed by atoms with Gasteiger partial charge in [-0.05, 0) is 12.5 Å². The van der Waals surface area contributed by atoms with Crippen molar-refractivity contribution in [3.05, 3.63) is 41.1 Å². The number of anilines is 1. The molecule has 0 saturated carbocycles. The first-order valence-corrected chi connectivity index (χ1v) is 7.64. The van der Waals surface area contributed by atoms with Crippen LogP contribution in [0, 0.1) is 0 Å². The standard InChI is InChI=1S/C14H12F3N5S/c1-2-9-3-10-12(21-7-22-13(10)23-9)20-6-11-18-4-8(5-19-11)14(15,16)17/h3-5,7H,2,6H2,1H3,(H,20,21,22). The normalized spacial score (nSPS) is 11.8. The van der Waals surface area contributed by atoms with Crippen LogP contribution in [0.3, 0.4) is 0 Å². The number of thiophene rings is 1. The average Bonchev–Trinajstić information content (AvgIpc) is 2.96. The van der Waals surface area contributed by atoms with Crippen molar-refractivity contribution in [1.29, 1.82) is 0 Å². The SMILES string of the molecule is CCc1cc2c(NCc3ncc(C(F)(F)F)cn3)ncnc2s1. The smallest absolute Gasteiger partial charge is 0.362 e. The van der Waals surface area contributed by atoms with Gasteiger partial charge in [-0.2, -0.15) is 13.2 Å². The van der Waals surface area contributed by atoms with Crippen molar-refractivity contribution >= 4 is 27.4 Å². The van der Waals surface area contributed by atoms with Gasteiger partial charge in [-0.1, -0.05) is 6.92 Å². The molecule has 0 aliphatic rings. The molecule has 120 valence electrons. The summed E-state index contributed by atoms with van der Waals surface area (Å²) in [6.45, 7) is 2.24. The lowest BCUT2D eigenvalue weighted by Crippen LogP contribution is -2.10. The summed E-state index contributed by atoms with van der Waals surface area (Å²) in [6.07, 6.45) is -0.520. The van der Waals surface area contributed by atoms with E-state index in [4.69, 9.17) is 0 Å². The molecule has 0 radical (unpaired) electrons. The molecule has 3 aromatic heterocycles. The second-order valence-electron chi connectivity index (χ2n) is 4.75. The average molecular weight is 339 g/mol. The Kier molecular flexibility index (Phi) is 4.12. The molecule has 0 aliphatic heterocycles. The number of hydrogen-bond acceptors (Lipinski definition) is 6. The zero-order chi connectivity index (χ0) is 16.4. The van der Waals surface area contributed by atoms with E-state index in [-0.39, 0.29) is 12.4 Å². The van der Waals surface area contributed by atoms with Crippen LogP contribution in [0.25, 0.3) is 10.2 Å². The summed E-state index contributed by atoms with van der Waals surface area (Å²) in [6, 6.07) is 2.01. The molecule has 0 spiro atoms. The van der Waals surface area contributed by atoms with Crippen LogP contribution in [0.4, 0.5) is 19.0 Å². The van der Waals surface area contributed by atoms with E-state index in [9.17, 15) is 13.2 Å². The molecule has 0 aromatic carbocycles. The number of halogens is 3. The molecule has 23 heavy (non-hydrogen) atoms. The van der Waals surface area contributed by atoms with E-state index in [0.29, 0.717) is 5.82 Å². The van der Waals surface area contributed by atoms with Crippen molar-refractivity contribution in [2.24, 2.45) is 0 Å². The molecule has 0 saturated heterocycles. The van der Waals surface area contributed by atoms with E-state index >= 15 is 0 Å². The maximum Gasteiger partial charge on any atom is 0.419 e. The molecule has 0 bridgehead atoms. The van der Waals surface area contributed by atoms with Crippen molar-refractivity contribution in [2.45, 2.75) is 26.1 Å². The molecule has 1 N–H and O–H groups in total. The van der Waals surface area contributed by atoms with E-state index in [1.165, 1.54) is 11.2 Å². The zero-order valence-corrected chi connectivity index (χ0v) is 12.9. The number of nitrogens with zero attached hydrogens (tertiary/aromatic N) is 4. The number of hydrogen-bond donors (Lipinski definition) is 1. The van der Waals surface area contributed by atoms with E-state index in [0.717, 1.165) is 29.0 Å². The molecule has 0 unspecified atom stereocenters. The quantitative estimate of drug-likeness (QED) is 0.786. The van der Waals surface area contributed by atoms with Gasteiger partial charge in [-0.25, -0.2) is 19.9 Å². The maximum atomic E-state index is 12.5. The largest absolute Gasteiger partial charge is 0.419 e. The van der Waals surface area contributed by atoms with Crippen LogP contribution in [0.1, 0.15) is 23.2 Å². The fourth-order valence-electron chi connectivity index (χ4n) is 1.98. The fraction of sp³-hybridized carbons (Fsp3) is 0.286. The van der Waals surface area contributed by atoms with Crippen molar-refractivity contribution in [3.63, 3.8) is 0 Å². The summed E-state index contributed by atoms with van der Waals surface area (Å²) >= 11 is 1.59. The lowest BCUT2D eigenvalue weighted by atomic mass is 10.3. The van der Waals surface area contributed by atoms with Crippen LogP contribution in [0.15, 0.2) is 24.8 Å². The highest BCUT2D eigenvalue weighted by molar-refractivity contribution is 7.18. The van der Waals surface area contributed by atoms with Crippen LogP contribution in [-0.4, -0.2) is 19.9 Å². The highest BCUT2D eigenvalue weighted by Gasteiger charge is 2.31. The summed E-state index contributed by atoms with van der Waals surface area (Å²) in [5.74, 6) is 0.880. The minimum absolute atomic E-state index is 0.182. The maximum absolute atomic E-state index is 12.5. The zero-order valence-electron chi connectivity index (χ0n) is 12.1. The predicted octanol–water partition coefficient (Wildman–Crippen LogP) is 3.67. The number of fused-ring (bicyclic) bond motifs is 1. The topological polar surface area (TPSA) is 63.6 Å². The Morgan fingerprint density at radius 2 is 1.87 bits per heavy atom. The number of rotatable bonds is 4. The molecule has 5 nitrogen and oxygen atoms in total. The molecule has 3 heterocycles. The van der Waals surface area contributed by atoms with E-state index < -0.39 is 11.7 Å². The number of aryl methyl sites for hydroxylation is 1. The Hall–Kier alpha value is -2.29. The van der Waals surface area contributed by atoms with Gasteiger partial charge < -0.3 is 5.32 Å². The molecule has 3 aromatic rings. The van der Waals surface area contributed by atoms with Crippen LogP contribution in [0.5, 0.6) is 0 Å². The summed E-state index contributed by atoms with van der Waals surface area (Å²) in [5, 5.41) is 3.94. The van der Waals surface area contributed by atoms with Gasteiger partial charge >= 0.3 is 6.18 Å². The molecule has 0 fully saturated rings. The van der Waals surface area contributed by atoms with Gasteiger partial charge in [0.2, 0.25) is 0 Å². The third-order valence-corrected chi connectivity index (χ3v) is 4.36.